The van der Waals surface area contributed by atoms with Crippen LogP contribution in [0.15, 0.2) is 30.3 Å². The fourth-order valence-corrected chi connectivity index (χ4v) is 3.44. The average Bonchev–Trinajstić information content (AvgIpc) is 2.77. The quantitative estimate of drug-likeness (QED) is 0.788. The van der Waals surface area contributed by atoms with Gasteiger partial charge in [0.25, 0.3) is 0 Å². The zero-order valence-corrected chi connectivity index (χ0v) is 9.52. The van der Waals surface area contributed by atoms with E-state index in [0.717, 1.165) is 32.4 Å². The molecule has 16 heavy (non-hydrogen) atoms. The predicted molar refractivity (Wildman–Crippen MR) is 64.2 cm³/mol. The second kappa shape index (κ2) is 3.86. The molecule has 0 bridgehead atoms. The van der Waals surface area contributed by atoms with Crippen LogP contribution in [0.25, 0.3) is 0 Å². The summed E-state index contributed by atoms with van der Waals surface area (Å²) in [5.74, 6) is 1.41. The lowest BCUT2D eigenvalue weighted by molar-refractivity contribution is 0.0399. The van der Waals surface area contributed by atoms with Crippen LogP contribution in [0.1, 0.15) is 18.4 Å². The van der Waals surface area contributed by atoms with Crippen molar-refractivity contribution in [2.45, 2.75) is 24.9 Å². The van der Waals surface area contributed by atoms with Gasteiger partial charge in [0.05, 0.1) is 5.60 Å². The number of aliphatic hydroxyl groups is 1. The Morgan fingerprint density at radius 2 is 1.75 bits per heavy atom. The molecule has 0 amide bonds. The van der Waals surface area contributed by atoms with Gasteiger partial charge in [-0.05, 0) is 43.3 Å². The third kappa shape index (κ3) is 1.87. The van der Waals surface area contributed by atoms with Crippen molar-refractivity contribution in [3.8, 4) is 0 Å². The number of benzene rings is 1. The number of fused-ring (bicyclic) bond motifs is 1. The van der Waals surface area contributed by atoms with Gasteiger partial charge in [0.15, 0.2) is 0 Å². The second-order valence-corrected chi connectivity index (χ2v) is 5.47. The van der Waals surface area contributed by atoms with E-state index in [1.807, 2.05) is 6.07 Å². The third-order valence-electron chi connectivity index (χ3n) is 4.14. The van der Waals surface area contributed by atoms with E-state index >= 15 is 0 Å². The lowest BCUT2D eigenvalue weighted by Crippen LogP contribution is -2.30. The van der Waals surface area contributed by atoms with Gasteiger partial charge in [0.1, 0.15) is 0 Å². The summed E-state index contributed by atoms with van der Waals surface area (Å²) >= 11 is 0. The van der Waals surface area contributed by atoms with E-state index in [-0.39, 0.29) is 0 Å². The molecule has 1 aliphatic heterocycles. The Balaban J connectivity index is 1.71. The molecule has 1 aromatic carbocycles. The molecule has 86 valence electrons. The van der Waals surface area contributed by atoms with Crippen LogP contribution in [-0.4, -0.2) is 23.8 Å². The van der Waals surface area contributed by atoms with E-state index in [1.165, 1.54) is 5.56 Å². The summed E-state index contributed by atoms with van der Waals surface area (Å²) in [6.07, 6.45) is 2.76. The standard InChI is InChI=1S/C14H19NO/c16-14(6-11-4-2-1-3-5-11)7-12-9-15-10-13(12)8-14/h1-5,12-13,15-16H,6-10H2/t12-,13+,14+. The van der Waals surface area contributed by atoms with Crippen molar-refractivity contribution in [2.75, 3.05) is 13.1 Å². The monoisotopic (exact) mass is 217 g/mol. The molecular weight excluding hydrogens is 198 g/mol. The third-order valence-corrected chi connectivity index (χ3v) is 4.14. The van der Waals surface area contributed by atoms with Crippen molar-refractivity contribution in [1.29, 1.82) is 0 Å². The summed E-state index contributed by atoms with van der Waals surface area (Å²) < 4.78 is 0. The zero-order valence-electron chi connectivity index (χ0n) is 9.52. The second-order valence-electron chi connectivity index (χ2n) is 5.47. The van der Waals surface area contributed by atoms with Gasteiger partial charge < -0.3 is 10.4 Å². The number of rotatable bonds is 2. The number of hydrogen-bond acceptors (Lipinski definition) is 2. The van der Waals surface area contributed by atoms with E-state index in [0.29, 0.717) is 11.8 Å². The first-order valence-corrected chi connectivity index (χ1v) is 6.22. The Hall–Kier alpha value is -0.860. The molecule has 2 heteroatoms. The minimum Gasteiger partial charge on any atom is -0.390 e. The Labute approximate surface area is 96.7 Å². The van der Waals surface area contributed by atoms with Crippen molar-refractivity contribution in [3.63, 3.8) is 0 Å². The highest BCUT2D eigenvalue weighted by molar-refractivity contribution is 5.18. The van der Waals surface area contributed by atoms with Crippen LogP contribution >= 0.6 is 0 Å². The van der Waals surface area contributed by atoms with Gasteiger partial charge >= 0.3 is 0 Å². The molecule has 2 N–H and O–H groups in total. The molecule has 0 radical (unpaired) electrons. The highest BCUT2D eigenvalue weighted by atomic mass is 16.3. The largest absolute Gasteiger partial charge is 0.390 e. The molecule has 1 aromatic rings. The summed E-state index contributed by atoms with van der Waals surface area (Å²) in [5.41, 5.74) is 0.816. The molecule has 3 atom stereocenters. The Morgan fingerprint density at radius 1 is 1.12 bits per heavy atom. The van der Waals surface area contributed by atoms with Crippen LogP contribution in [0.5, 0.6) is 0 Å². The lowest BCUT2D eigenvalue weighted by Gasteiger charge is -2.23. The molecule has 1 heterocycles. The first-order valence-electron chi connectivity index (χ1n) is 6.22. The fourth-order valence-electron chi connectivity index (χ4n) is 3.44. The molecule has 0 aromatic heterocycles. The minimum atomic E-state index is -0.446. The first-order chi connectivity index (χ1) is 7.75. The summed E-state index contributed by atoms with van der Waals surface area (Å²) in [6, 6.07) is 10.4. The minimum absolute atomic E-state index is 0.446. The molecule has 2 fully saturated rings. The predicted octanol–water partition coefficient (Wildman–Crippen LogP) is 1.59. The molecule has 0 spiro atoms. The highest BCUT2D eigenvalue weighted by Crippen LogP contribution is 2.42. The van der Waals surface area contributed by atoms with Gasteiger partial charge in [0.2, 0.25) is 0 Å². The fraction of sp³-hybridized carbons (Fsp3) is 0.571. The summed E-state index contributed by atoms with van der Waals surface area (Å²) in [7, 11) is 0. The van der Waals surface area contributed by atoms with E-state index in [2.05, 4.69) is 29.6 Å². The van der Waals surface area contributed by atoms with Crippen LogP contribution < -0.4 is 5.32 Å². The Bertz CT molecular complexity index is 350. The van der Waals surface area contributed by atoms with Crippen LogP contribution in [0.4, 0.5) is 0 Å². The number of hydrogen-bond donors (Lipinski definition) is 2. The molecule has 0 unspecified atom stereocenters. The molecular formula is C14H19NO. The first kappa shape index (κ1) is 10.3. The van der Waals surface area contributed by atoms with Crippen LogP contribution in [0, 0.1) is 11.8 Å². The van der Waals surface area contributed by atoms with Crippen LogP contribution in [0.2, 0.25) is 0 Å². The molecule has 3 rings (SSSR count). The maximum Gasteiger partial charge on any atom is 0.0694 e. The summed E-state index contributed by atoms with van der Waals surface area (Å²) in [5, 5.41) is 14.0. The van der Waals surface area contributed by atoms with Gasteiger partial charge in [-0.1, -0.05) is 30.3 Å². The smallest absolute Gasteiger partial charge is 0.0694 e. The van der Waals surface area contributed by atoms with E-state index in [9.17, 15) is 5.11 Å². The van der Waals surface area contributed by atoms with E-state index in [4.69, 9.17) is 0 Å². The van der Waals surface area contributed by atoms with Crippen molar-refractivity contribution >= 4 is 0 Å². The molecule has 1 saturated heterocycles. The van der Waals surface area contributed by atoms with Gasteiger partial charge in [-0.15, -0.1) is 0 Å². The summed E-state index contributed by atoms with van der Waals surface area (Å²) in [6.45, 7) is 2.20. The molecule has 2 aliphatic rings. The zero-order chi connectivity index (χ0) is 11.0. The SMILES string of the molecule is O[C@]1(Cc2ccccc2)C[C@H]2CNC[C@H]2C1. The maximum atomic E-state index is 10.6. The van der Waals surface area contributed by atoms with Crippen molar-refractivity contribution < 1.29 is 5.11 Å². The van der Waals surface area contributed by atoms with Gasteiger partial charge in [0, 0.05) is 6.42 Å². The van der Waals surface area contributed by atoms with Gasteiger partial charge in [-0.25, -0.2) is 0 Å². The highest BCUT2D eigenvalue weighted by Gasteiger charge is 2.45. The van der Waals surface area contributed by atoms with Crippen LogP contribution in [0.3, 0.4) is 0 Å². The van der Waals surface area contributed by atoms with E-state index < -0.39 is 5.60 Å². The van der Waals surface area contributed by atoms with E-state index in [1.54, 1.807) is 0 Å². The Kier molecular flexibility index (Phi) is 2.49. The average molecular weight is 217 g/mol. The van der Waals surface area contributed by atoms with Crippen LogP contribution in [-0.2, 0) is 6.42 Å². The van der Waals surface area contributed by atoms with Gasteiger partial charge in [-0.3, -0.25) is 0 Å². The normalized spacial score (nSPS) is 37.6. The van der Waals surface area contributed by atoms with Gasteiger partial charge in [-0.2, -0.15) is 0 Å². The molecule has 2 nitrogen and oxygen atoms in total. The molecule has 1 aliphatic carbocycles. The topological polar surface area (TPSA) is 32.3 Å². The Morgan fingerprint density at radius 3 is 2.38 bits per heavy atom. The van der Waals surface area contributed by atoms with Crippen molar-refractivity contribution in [2.24, 2.45) is 11.8 Å². The number of nitrogens with one attached hydrogen (secondary N) is 1. The lowest BCUT2D eigenvalue weighted by atomic mass is 9.91. The van der Waals surface area contributed by atoms with Crippen molar-refractivity contribution in [1.82, 2.24) is 5.32 Å². The maximum absolute atomic E-state index is 10.6. The molecule has 1 saturated carbocycles. The summed E-state index contributed by atoms with van der Waals surface area (Å²) in [4.78, 5) is 0. The van der Waals surface area contributed by atoms with Crippen molar-refractivity contribution in [3.05, 3.63) is 35.9 Å².